The molecule has 5 aromatic rings. The van der Waals surface area contributed by atoms with Crippen molar-refractivity contribution in [2.45, 2.75) is 40.2 Å². The van der Waals surface area contributed by atoms with E-state index < -0.39 is 0 Å². The van der Waals surface area contributed by atoms with Crippen molar-refractivity contribution in [2.75, 3.05) is 0 Å². The Hall–Kier alpha value is -3.06. The van der Waals surface area contributed by atoms with E-state index in [-0.39, 0.29) is 11.6 Å². The van der Waals surface area contributed by atoms with Crippen molar-refractivity contribution >= 4 is 49.2 Å². The Bertz CT molecular complexity index is 1550. The third kappa shape index (κ3) is 2.98. The van der Waals surface area contributed by atoms with Gasteiger partial charge in [-0.1, -0.05) is 35.0 Å². The summed E-state index contributed by atoms with van der Waals surface area (Å²) in [6, 6.07) is 13.9. The zero-order valence-electron chi connectivity index (χ0n) is 17.8. The van der Waals surface area contributed by atoms with Crippen molar-refractivity contribution in [3.05, 3.63) is 68.7 Å². The summed E-state index contributed by atoms with van der Waals surface area (Å²) in [5, 5.41) is 0.514. The Kier molecular flexibility index (Phi) is 4.66. The van der Waals surface area contributed by atoms with Crippen molar-refractivity contribution < 1.29 is 0 Å². The molecule has 0 unspecified atom stereocenters. The maximum absolute atomic E-state index is 13.7. The van der Waals surface area contributed by atoms with Crippen molar-refractivity contribution in [3.63, 3.8) is 0 Å². The van der Waals surface area contributed by atoms with E-state index in [2.05, 4.69) is 28.9 Å². The molecule has 31 heavy (non-hydrogen) atoms. The van der Waals surface area contributed by atoms with E-state index in [9.17, 15) is 4.79 Å². The molecule has 0 aliphatic heterocycles. The number of para-hydroxylation sites is 2. The summed E-state index contributed by atoms with van der Waals surface area (Å²) >= 11 is 3.58. The molecule has 156 valence electrons. The van der Waals surface area contributed by atoms with Gasteiger partial charge in [0.2, 0.25) is 0 Å². The van der Waals surface area contributed by atoms with Crippen molar-refractivity contribution in [3.8, 4) is 5.69 Å². The molecule has 2 aromatic carbocycles. The molecule has 0 saturated carbocycles. The molecule has 3 heterocycles. The highest BCUT2D eigenvalue weighted by Crippen LogP contribution is 2.30. The largest absolute Gasteiger partial charge is 0.293 e. The number of hydrogen-bond acceptors (Lipinski definition) is 4. The minimum absolute atomic E-state index is 0.0474. The summed E-state index contributed by atoms with van der Waals surface area (Å²) in [7, 11) is 0. The predicted octanol–water partition coefficient (Wildman–Crippen LogP) is 5.63. The molecule has 0 bridgehead atoms. The number of nitrogens with zero attached hydrogens (tertiary/aromatic N) is 5. The van der Waals surface area contributed by atoms with Gasteiger partial charge in [0.25, 0.3) is 5.56 Å². The minimum Gasteiger partial charge on any atom is -0.293 e. The Morgan fingerprint density at radius 3 is 2.39 bits per heavy atom. The lowest BCUT2D eigenvalue weighted by molar-refractivity contribution is 0.497. The van der Waals surface area contributed by atoms with E-state index in [0.717, 1.165) is 33.2 Å². The summed E-state index contributed by atoms with van der Waals surface area (Å²) in [5.74, 6) is 0.689. The maximum Gasteiger partial charge on any atom is 0.265 e. The van der Waals surface area contributed by atoms with Gasteiger partial charge in [0, 0.05) is 16.2 Å². The first-order chi connectivity index (χ1) is 14.9. The van der Waals surface area contributed by atoms with E-state index in [4.69, 9.17) is 15.0 Å². The molecule has 0 fully saturated rings. The third-order valence-corrected chi connectivity index (χ3v) is 6.81. The quantitative estimate of drug-likeness (QED) is 0.338. The van der Waals surface area contributed by atoms with Gasteiger partial charge in [0.15, 0.2) is 11.3 Å². The number of aryl methyl sites for hydroxylation is 2. The predicted molar refractivity (Wildman–Crippen MR) is 128 cm³/mol. The summed E-state index contributed by atoms with van der Waals surface area (Å²) in [4.78, 5) is 28.4. The fourth-order valence-corrected chi connectivity index (χ4v) is 4.37. The molecule has 1 atom stereocenters. The molecule has 7 heteroatoms. The van der Waals surface area contributed by atoms with E-state index in [1.165, 1.54) is 0 Å². The van der Waals surface area contributed by atoms with Crippen LogP contribution in [0.3, 0.4) is 0 Å². The van der Waals surface area contributed by atoms with Gasteiger partial charge < -0.3 is 0 Å². The topological polar surface area (TPSA) is 65.6 Å². The second-order valence-electron chi connectivity index (χ2n) is 7.94. The van der Waals surface area contributed by atoms with Crippen LogP contribution in [0.5, 0.6) is 0 Å². The molecule has 6 nitrogen and oxygen atoms in total. The fraction of sp³-hybridized carbons (Fsp3) is 0.250. The Balaban J connectivity index is 2.02. The zero-order valence-corrected chi connectivity index (χ0v) is 19.4. The molecule has 0 saturated heterocycles. The van der Waals surface area contributed by atoms with Gasteiger partial charge in [-0.2, -0.15) is 0 Å². The normalized spacial score (nSPS) is 12.8. The van der Waals surface area contributed by atoms with Gasteiger partial charge in [-0.3, -0.25) is 13.9 Å². The zero-order chi connectivity index (χ0) is 21.9. The first-order valence-electron chi connectivity index (χ1n) is 10.4. The third-order valence-electron chi connectivity index (χ3n) is 5.92. The van der Waals surface area contributed by atoms with Crippen molar-refractivity contribution in [1.82, 2.24) is 24.1 Å². The van der Waals surface area contributed by atoms with Gasteiger partial charge in [-0.15, -0.1) is 0 Å². The van der Waals surface area contributed by atoms with Gasteiger partial charge in [-0.05, 0) is 63.1 Å². The molecular weight excluding hydrogens is 454 g/mol. The second-order valence-corrected chi connectivity index (χ2v) is 8.80. The Morgan fingerprint density at radius 2 is 1.71 bits per heavy atom. The first kappa shape index (κ1) is 19.9. The summed E-state index contributed by atoms with van der Waals surface area (Å²) in [5.41, 5.74) is 5.28. The summed E-state index contributed by atoms with van der Waals surface area (Å²) in [6.45, 7) is 8.04. The number of halogens is 1. The summed E-state index contributed by atoms with van der Waals surface area (Å²) < 4.78 is 4.76. The van der Waals surface area contributed by atoms with Crippen molar-refractivity contribution in [2.24, 2.45) is 0 Å². The minimum atomic E-state index is -0.0704. The highest BCUT2D eigenvalue weighted by atomic mass is 79.9. The van der Waals surface area contributed by atoms with Crippen LogP contribution in [0.2, 0.25) is 0 Å². The van der Waals surface area contributed by atoms with Crippen LogP contribution < -0.4 is 5.56 Å². The van der Waals surface area contributed by atoms with E-state index in [1.807, 2.05) is 61.7 Å². The van der Waals surface area contributed by atoms with Crippen LogP contribution in [0.1, 0.15) is 37.7 Å². The van der Waals surface area contributed by atoms with Gasteiger partial charge in [0.05, 0.1) is 11.0 Å². The van der Waals surface area contributed by atoms with Gasteiger partial charge >= 0.3 is 0 Å². The van der Waals surface area contributed by atoms with E-state index >= 15 is 0 Å². The highest BCUT2D eigenvalue weighted by Gasteiger charge is 2.23. The Labute approximate surface area is 187 Å². The van der Waals surface area contributed by atoms with E-state index in [0.29, 0.717) is 28.0 Å². The van der Waals surface area contributed by atoms with Crippen LogP contribution in [0.4, 0.5) is 0 Å². The van der Waals surface area contributed by atoms with Crippen LogP contribution in [0.25, 0.3) is 38.9 Å². The van der Waals surface area contributed by atoms with Crippen molar-refractivity contribution in [1.29, 1.82) is 0 Å². The summed E-state index contributed by atoms with van der Waals surface area (Å²) in [6.07, 6.45) is 0.840. The van der Waals surface area contributed by atoms with Crippen LogP contribution >= 0.6 is 15.9 Å². The highest BCUT2D eigenvalue weighted by molar-refractivity contribution is 9.10. The van der Waals surface area contributed by atoms with Gasteiger partial charge in [0.1, 0.15) is 16.7 Å². The number of rotatable bonds is 3. The first-order valence-corrected chi connectivity index (χ1v) is 11.2. The molecule has 0 N–H and O–H groups in total. The van der Waals surface area contributed by atoms with Crippen LogP contribution in [-0.4, -0.2) is 24.1 Å². The number of hydrogen-bond donors (Lipinski definition) is 0. The lowest BCUT2D eigenvalue weighted by atomic mass is 10.2. The molecule has 0 spiro atoms. The van der Waals surface area contributed by atoms with E-state index in [1.54, 1.807) is 4.57 Å². The number of aromatic nitrogens is 5. The molecular formula is C24H22BrN5O. The fourth-order valence-electron chi connectivity index (χ4n) is 4.12. The lowest BCUT2D eigenvalue weighted by Gasteiger charge is -2.16. The SMILES string of the molecule is CC[C@@H](C)n1c(C)nc2c(c1=O)c1nc3ccccc3nc1n2-c1ccc(Br)c(C)c1. The molecule has 0 amide bonds. The smallest absolute Gasteiger partial charge is 0.265 e. The molecule has 5 rings (SSSR count). The standard InChI is InChI=1S/C24H22BrN5O/c1-5-14(3)29-15(4)26-22-20(24(29)31)21-23(28-19-9-7-6-8-18(19)27-21)30(22)16-10-11-17(25)13(2)12-16/h6-12,14H,5H2,1-4H3/t14-/m1/s1. The average molecular weight is 476 g/mol. The Morgan fingerprint density at radius 1 is 1.00 bits per heavy atom. The van der Waals surface area contributed by atoms with Crippen LogP contribution in [0, 0.1) is 13.8 Å². The second kappa shape index (κ2) is 7.27. The number of benzene rings is 2. The molecule has 0 radical (unpaired) electrons. The van der Waals surface area contributed by atoms with Crippen LogP contribution in [0.15, 0.2) is 51.7 Å². The maximum atomic E-state index is 13.7. The monoisotopic (exact) mass is 475 g/mol. The van der Waals surface area contributed by atoms with Crippen LogP contribution in [-0.2, 0) is 0 Å². The molecule has 3 aromatic heterocycles. The number of fused-ring (bicyclic) bond motifs is 4. The average Bonchev–Trinajstić information content (AvgIpc) is 3.06. The molecule has 0 aliphatic rings. The lowest BCUT2D eigenvalue weighted by Crippen LogP contribution is -2.26. The van der Waals surface area contributed by atoms with Gasteiger partial charge in [-0.25, -0.2) is 15.0 Å². The molecule has 0 aliphatic carbocycles.